The van der Waals surface area contributed by atoms with Crippen molar-refractivity contribution in [2.75, 3.05) is 0 Å². The number of fused-ring (bicyclic) bond motifs is 27. The van der Waals surface area contributed by atoms with Crippen molar-refractivity contribution in [2.24, 2.45) is 0 Å². The lowest BCUT2D eigenvalue weighted by Gasteiger charge is -2.10. The van der Waals surface area contributed by atoms with E-state index in [0.717, 1.165) is 204 Å². The molecule has 0 N–H and O–H groups in total. The van der Waals surface area contributed by atoms with Crippen LogP contribution in [-0.4, -0.2) is 34.9 Å². The third kappa shape index (κ3) is 13.0. The van der Waals surface area contributed by atoms with Gasteiger partial charge >= 0.3 is 0 Å². The fraction of sp³-hybridized carbons (Fsp3) is 0. The summed E-state index contributed by atoms with van der Waals surface area (Å²) in [6.45, 7) is 0. The van der Waals surface area contributed by atoms with Crippen molar-refractivity contribution in [1.29, 1.82) is 0 Å². The predicted molar refractivity (Wildman–Crippen MR) is 555 cm³/mol. The van der Waals surface area contributed by atoms with E-state index in [4.69, 9.17) is 61.4 Å². The number of nitrogens with zero attached hydrogens (tertiary/aromatic N) is 7. The number of hydrogen-bond acceptors (Lipinski definition) is 16. The molecule has 0 amide bonds. The van der Waals surface area contributed by atoms with Gasteiger partial charge in [-0.1, -0.05) is 212 Å². The van der Waals surface area contributed by atoms with E-state index in [0.29, 0.717) is 29.1 Å². The Morgan fingerprint density at radius 1 is 0.126 bits per heavy atom. The number of benzene rings is 18. The molecule has 16 heteroatoms. The zero-order valence-corrected chi connectivity index (χ0v) is 73.8. The van der Waals surface area contributed by atoms with E-state index >= 15 is 0 Å². The fourth-order valence-electron chi connectivity index (χ4n) is 19.4. The van der Waals surface area contributed by atoms with Gasteiger partial charge in [0.1, 0.15) is 67.0 Å². The molecule has 30 aromatic rings. The molecular weight excluding hydrogens is 1720 g/mol. The lowest BCUT2D eigenvalue weighted by atomic mass is 10.0. The summed E-state index contributed by atoms with van der Waals surface area (Å²) in [7, 11) is 0. The van der Waals surface area contributed by atoms with Gasteiger partial charge < -0.3 is 26.5 Å². The number of furan rings is 6. The summed E-state index contributed by atoms with van der Waals surface area (Å²) in [5.41, 5.74) is 22.2. The molecule has 0 aliphatic heterocycles. The Bertz CT molecular complexity index is 9220. The molecular formula is C119H65N7O6S3. The molecule has 0 fully saturated rings. The summed E-state index contributed by atoms with van der Waals surface area (Å²) in [5, 5.41) is 20.5. The van der Waals surface area contributed by atoms with Crippen molar-refractivity contribution in [2.45, 2.75) is 0 Å². The standard InChI is InChI=1S/2C40H22N2O3.C39H21N3S3/c1-4-10-34-26(7-1)29-16-13-25(21-39(29)45-34)40-41-32(23-14-17-37-30(19-23)27-8-2-5-11-35(27)43-37)22-33(42-40)24-15-18-38-31(20-24)28-9-3-6-12-36(28)44-38;1-4-10-34-26(7-1)29-16-13-24(21-39(29)45-34)33-22-32(23-14-17-37-30(19-23)27-8-2-5-11-35(27)43-37)41-40(42-33)25-15-18-38-31(20-25)28-9-3-6-12-36(28)44-38;1-4-10-31-25(7-1)28-16-13-22(19-34(28)43-31)37-40-38(23-14-17-29-26-8-2-5-11-32(26)44-35(29)20-23)42-39(41-37)24-15-18-30-27-9-3-6-12-33(27)45-36(30)21-24/h2*1-22H;1-21H. The molecule has 0 spiro atoms. The first-order valence-electron chi connectivity index (χ1n) is 44.5. The molecule has 13 nitrogen and oxygen atoms in total. The third-order valence-electron chi connectivity index (χ3n) is 26.0. The van der Waals surface area contributed by atoms with Crippen LogP contribution >= 0.6 is 34.0 Å². The van der Waals surface area contributed by atoms with Gasteiger partial charge in [-0.3, -0.25) is 0 Å². The van der Waals surface area contributed by atoms with E-state index in [1.807, 2.05) is 180 Å². The topological polar surface area (TPSA) is 169 Å². The van der Waals surface area contributed by atoms with Crippen molar-refractivity contribution in [3.63, 3.8) is 0 Å². The summed E-state index contributed by atoms with van der Waals surface area (Å²) < 4.78 is 44.5. The molecule has 0 saturated heterocycles. The van der Waals surface area contributed by atoms with Crippen LogP contribution in [0.4, 0.5) is 0 Å². The monoisotopic (exact) mass is 1780 g/mol. The van der Waals surface area contributed by atoms with Gasteiger partial charge in [0, 0.05) is 175 Å². The highest BCUT2D eigenvalue weighted by atomic mass is 32.1. The van der Waals surface area contributed by atoms with E-state index in [-0.39, 0.29) is 0 Å². The van der Waals surface area contributed by atoms with Gasteiger partial charge in [-0.25, -0.2) is 34.9 Å². The summed E-state index contributed by atoms with van der Waals surface area (Å²) in [4.78, 5) is 35.9. The minimum atomic E-state index is 0.624. The van der Waals surface area contributed by atoms with Crippen LogP contribution in [0, 0.1) is 0 Å². The molecule has 135 heavy (non-hydrogen) atoms. The van der Waals surface area contributed by atoms with E-state index in [2.05, 4.69) is 249 Å². The van der Waals surface area contributed by atoms with Crippen LogP contribution in [0.15, 0.2) is 421 Å². The van der Waals surface area contributed by atoms with E-state index in [1.165, 1.54) is 60.5 Å². The van der Waals surface area contributed by atoms with Crippen LogP contribution in [-0.2, 0) is 0 Å². The summed E-state index contributed by atoms with van der Waals surface area (Å²) in [6.07, 6.45) is 0. The second-order valence-corrected chi connectivity index (χ2v) is 37.3. The van der Waals surface area contributed by atoms with Crippen LogP contribution in [0.2, 0.25) is 0 Å². The molecule has 0 aliphatic carbocycles. The lowest BCUT2D eigenvalue weighted by Crippen LogP contribution is -2.00. The SMILES string of the molecule is c1ccc2c(c1)oc1cc(-c3cc(-c4ccc5oc6ccccc6c5c4)nc(-c4ccc5oc6ccccc6c5c4)n3)ccc12.c1ccc2c(c1)oc1cc(-c3nc(-c4ccc5oc6ccccc6c5c4)cc(-c4ccc5oc6ccccc6c5c4)n3)ccc12.c1ccc2c(c1)sc1cc(-c3nc(-c4ccc5c(c4)sc4ccccc45)nc(-c4ccc5c(c4)sc4ccccc45)n3)ccc12. The first-order valence-corrected chi connectivity index (χ1v) is 47.0. The second-order valence-electron chi connectivity index (χ2n) is 34.0. The Hall–Kier alpha value is -17.4. The summed E-state index contributed by atoms with van der Waals surface area (Å²) in [5.74, 6) is 3.31. The molecule has 30 rings (SSSR count). The molecule has 0 bridgehead atoms. The predicted octanol–water partition coefficient (Wildman–Crippen LogP) is 34.3. The molecule has 0 aliphatic rings. The van der Waals surface area contributed by atoms with Crippen molar-refractivity contribution < 1.29 is 26.5 Å². The number of thiophene rings is 3. The zero-order valence-electron chi connectivity index (χ0n) is 71.3. The summed E-state index contributed by atoms with van der Waals surface area (Å²) in [6, 6.07) is 136. The molecule has 0 radical (unpaired) electrons. The second kappa shape index (κ2) is 30.6. The van der Waals surface area contributed by atoms with Crippen LogP contribution in [0.25, 0.3) is 294 Å². The number of aromatic nitrogens is 7. The first-order chi connectivity index (χ1) is 66.7. The molecule has 18 aromatic carbocycles. The first kappa shape index (κ1) is 76.5. The van der Waals surface area contributed by atoms with Crippen LogP contribution in [0.3, 0.4) is 0 Å². The van der Waals surface area contributed by atoms with Crippen LogP contribution < -0.4 is 0 Å². The smallest absolute Gasteiger partial charge is 0.164 e. The van der Waals surface area contributed by atoms with Gasteiger partial charge in [-0.05, 0) is 182 Å². The van der Waals surface area contributed by atoms with E-state index < -0.39 is 0 Å². The lowest BCUT2D eigenvalue weighted by molar-refractivity contribution is 0.668. The van der Waals surface area contributed by atoms with Crippen molar-refractivity contribution in [1.82, 2.24) is 34.9 Å². The number of para-hydroxylation sites is 6. The third-order valence-corrected chi connectivity index (χ3v) is 29.4. The molecule has 0 saturated carbocycles. The highest BCUT2D eigenvalue weighted by molar-refractivity contribution is 7.26. The van der Waals surface area contributed by atoms with Crippen molar-refractivity contribution in [3.8, 4) is 102 Å². The average Bonchev–Trinajstić information content (AvgIpc) is 1.57. The summed E-state index contributed by atoms with van der Waals surface area (Å²) >= 11 is 5.43. The van der Waals surface area contributed by atoms with E-state index in [1.54, 1.807) is 0 Å². The van der Waals surface area contributed by atoms with Gasteiger partial charge in [0.2, 0.25) is 0 Å². The largest absolute Gasteiger partial charge is 0.456 e. The Kier molecular flexibility index (Phi) is 17.3. The quantitative estimate of drug-likeness (QED) is 0.134. The van der Waals surface area contributed by atoms with Gasteiger partial charge in [0.25, 0.3) is 0 Å². The van der Waals surface area contributed by atoms with Gasteiger partial charge in [-0.15, -0.1) is 34.0 Å². The Labute approximate surface area is 778 Å². The fourth-order valence-corrected chi connectivity index (χ4v) is 22.8. The van der Waals surface area contributed by atoms with Gasteiger partial charge in [0.15, 0.2) is 29.1 Å². The van der Waals surface area contributed by atoms with Crippen LogP contribution in [0.1, 0.15) is 0 Å². The highest BCUT2D eigenvalue weighted by Crippen LogP contribution is 2.46. The van der Waals surface area contributed by atoms with Crippen LogP contribution in [0.5, 0.6) is 0 Å². The normalized spacial score (nSPS) is 12.0. The molecule has 0 atom stereocenters. The minimum Gasteiger partial charge on any atom is -0.456 e. The van der Waals surface area contributed by atoms with Gasteiger partial charge in [0.05, 0.1) is 22.8 Å². The maximum absolute atomic E-state index is 6.24. The van der Waals surface area contributed by atoms with Gasteiger partial charge in [-0.2, -0.15) is 0 Å². The maximum atomic E-state index is 6.24. The maximum Gasteiger partial charge on any atom is 0.164 e. The molecule has 12 aromatic heterocycles. The molecule has 630 valence electrons. The van der Waals surface area contributed by atoms with Crippen molar-refractivity contribution >= 4 is 226 Å². The van der Waals surface area contributed by atoms with Crippen molar-refractivity contribution in [3.05, 3.63) is 394 Å². The Morgan fingerprint density at radius 2 is 0.319 bits per heavy atom. The van der Waals surface area contributed by atoms with E-state index in [9.17, 15) is 0 Å². The zero-order chi connectivity index (χ0) is 88.5. The number of rotatable bonds is 9. The Balaban J connectivity index is 0.000000101. The Morgan fingerprint density at radius 3 is 0.644 bits per heavy atom. The minimum absolute atomic E-state index is 0.624. The average molecular weight is 1790 g/mol. The number of hydrogen-bond donors (Lipinski definition) is 0. The highest BCUT2D eigenvalue weighted by Gasteiger charge is 2.24. The molecule has 12 heterocycles. The molecule has 0 unspecified atom stereocenters.